The molecule has 1 saturated heterocycles. The Kier molecular flexibility index (Phi) is 6.40. The van der Waals surface area contributed by atoms with Crippen LogP contribution in [0.5, 0.6) is 0 Å². The third-order valence-electron chi connectivity index (χ3n) is 6.70. The maximum absolute atomic E-state index is 14.5. The third kappa shape index (κ3) is 4.42. The summed E-state index contributed by atoms with van der Waals surface area (Å²) in [4.78, 5) is 23.6. The number of carbonyl (C=O) groups excluding carboxylic acids is 1. The van der Waals surface area contributed by atoms with E-state index in [2.05, 4.69) is 27.1 Å². The van der Waals surface area contributed by atoms with Gasteiger partial charge in [0.25, 0.3) is 5.91 Å². The van der Waals surface area contributed by atoms with Crippen LogP contribution in [-0.2, 0) is 6.42 Å². The fourth-order valence-electron chi connectivity index (χ4n) is 5.20. The summed E-state index contributed by atoms with van der Waals surface area (Å²) in [5.74, 6) is -3.30. The summed E-state index contributed by atoms with van der Waals surface area (Å²) in [6.07, 6.45) is 2.79. The van der Waals surface area contributed by atoms with Gasteiger partial charge in [0.1, 0.15) is 28.8 Å². The molecule has 3 aromatic rings. The Labute approximate surface area is 206 Å². The number of benzene rings is 1. The number of fused-ring (bicyclic) bond motifs is 1. The molecule has 188 valence electrons. The smallest absolute Gasteiger partial charge is 0.274 e. The van der Waals surface area contributed by atoms with Crippen molar-refractivity contribution in [2.75, 3.05) is 23.3 Å². The minimum Gasteiger partial charge on any atom is -0.387 e. The molecule has 3 heterocycles. The van der Waals surface area contributed by atoms with Crippen molar-refractivity contribution >= 4 is 17.3 Å². The first kappa shape index (κ1) is 24.2. The normalized spacial score (nSPS) is 21.4. The van der Waals surface area contributed by atoms with Crippen LogP contribution in [0.25, 0.3) is 11.3 Å². The van der Waals surface area contributed by atoms with Crippen LogP contribution in [-0.4, -0.2) is 40.1 Å². The molecule has 0 spiro atoms. The van der Waals surface area contributed by atoms with E-state index in [1.165, 1.54) is 6.20 Å². The average Bonchev–Trinajstić information content (AvgIpc) is 3.19. The lowest BCUT2D eigenvalue weighted by molar-refractivity contribution is 0.102. The van der Waals surface area contributed by atoms with Crippen LogP contribution in [0.4, 0.5) is 24.5 Å². The number of aliphatic hydroxyl groups excluding tert-OH is 1. The Morgan fingerprint density at radius 2 is 1.89 bits per heavy atom. The molecule has 1 aliphatic heterocycles. The summed E-state index contributed by atoms with van der Waals surface area (Å²) in [6, 6.07) is 5.20. The molecule has 1 unspecified atom stereocenters. The van der Waals surface area contributed by atoms with E-state index in [9.17, 15) is 23.1 Å². The van der Waals surface area contributed by atoms with Crippen LogP contribution < -0.4 is 16.0 Å². The highest BCUT2D eigenvalue weighted by Crippen LogP contribution is 2.41. The Bertz CT molecular complexity index is 1300. The monoisotopic (exact) mass is 497 g/mol. The molecule has 10 heteroatoms. The van der Waals surface area contributed by atoms with Gasteiger partial charge in [-0.05, 0) is 49.4 Å². The van der Waals surface area contributed by atoms with E-state index >= 15 is 0 Å². The Morgan fingerprint density at radius 1 is 1.14 bits per heavy atom. The van der Waals surface area contributed by atoms with Crippen molar-refractivity contribution in [3.8, 4) is 11.3 Å². The molecule has 0 saturated carbocycles. The van der Waals surface area contributed by atoms with Gasteiger partial charge in [0.05, 0.1) is 34.9 Å². The topological polar surface area (TPSA) is 104 Å². The molecule has 0 bridgehead atoms. The first-order valence-corrected chi connectivity index (χ1v) is 11.9. The molecule has 1 aromatic carbocycles. The van der Waals surface area contributed by atoms with Crippen molar-refractivity contribution in [2.24, 2.45) is 11.7 Å². The number of piperidine rings is 1. The van der Waals surface area contributed by atoms with E-state index in [1.807, 2.05) is 0 Å². The van der Waals surface area contributed by atoms with Gasteiger partial charge in [0, 0.05) is 24.7 Å². The second-order valence-electron chi connectivity index (χ2n) is 9.52. The first-order chi connectivity index (χ1) is 17.2. The summed E-state index contributed by atoms with van der Waals surface area (Å²) < 4.78 is 43.1. The highest BCUT2D eigenvalue weighted by molar-refractivity contribution is 6.05. The van der Waals surface area contributed by atoms with Crippen molar-refractivity contribution < 1.29 is 23.1 Å². The lowest BCUT2D eigenvalue weighted by atomic mass is 9.95. The maximum atomic E-state index is 14.5. The number of halogens is 3. The summed E-state index contributed by atoms with van der Waals surface area (Å²) in [7, 11) is 0. The third-order valence-corrected chi connectivity index (χ3v) is 6.70. The SMILES string of the molecule is C[C@H]1C[C@H](N)CN(c2c(NC(=O)c3ccc(F)c(-c4c(F)cccc4F)n3)cnc3c2CCC3O)C1. The zero-order valence-electron chi connectivity index (χ0n) is 19.6. The first-order valence-electron chi connectivity index (χ1n) is 11.9. The van der Waals surface area contributed by atoms with E-state index in [-0.39, 0.29) is 11.7 Å². The van der Waals surface area contributed by atoms with Crippen LogP contribution in [0.15, 0.2) is 36.5 Å². The van der Waals surface area contributed by atoms with E-state index in [1.54, 1.807) is 0 Å². The molecular weight excluding hydrogens is 471 g/mol. The van der Waals surface area contributed by atoms with Crippen molar-refractivity contribution in [3.05, 3.63) is 70.9 Å². The minimum absolute atomic E-state index is 0.0515. The van der Waals surface area contributed by atoms with Crippen molar-refractivity contribution in [2.45, 2.75) is 38.3 Å². The van der Waals surface area contributed by atoms with Crippen LogP contribution in [0.1, 0.15) is 47.6 Å². The summed E-state index contributed by atoms with van der Waals surface area (Å²) >= 11 is 0. The van der Waals surface area contributed by atoms with E-state index in [0.29, 0.717) is 43.2 Å². The number of nitrogens with one attached hydrogen (secondary N) is 1. The molecule has 1 aliphatic carbocycles. The number of hydrogen-bond acceptors (Lipinski definition) is 6. The number of aromatic nitrogens is 2. The summed E-state index contributed by atoms with van der Waals surface area (Å²) in [5.41, 5.74) is 7.39. The van der Waals surface area contributed by atoms with Gasteiger partial charge in [-0.25, -0.2) is 18.2 Å². The number of hydrogen-bond donors (Lipinski definition) is 3. The maximum Gasteiger partial charge on any atom is 0.274 e. The van der Waals surface area contributed by atoms with Gasteiger partial charge in [0.15, 0.2) is 0 Å². The number of aliphatic hydroxyl groups is 1. The van der Waals surface area contributed by atoms with Gasteiger partial charge < -0.3 is 21.1 Å². The van der Waals surface area contributed by atoms with Crippen LogP contribution in [0.2, 0.25) is 0 Å². The lowest BCUT2D eigenvalue weighted by Crippen LogP contribution is -2.47. The van der Waals surface area contributed by atoms with Gasteiger partial charge in [-0.2, -0.15) is 0 Å². The minimum atomic E-state index is -0.988. The van der Waals surface area contributed by atoms with Crippen molar-refractivity contribution in [3.63, 3.8) is 0 Å². The highest BCUT2D eigenvalue weighted by atomic mass is 19.1. The van der Waals surface area contributed by atoms with Crippen LogP contribution in [0, 0.1) is 23.4 Å². The Morgan fingerprint density at radius 3 is 2.61 bits per heavy atom. The highest BCUT2D eigenvalue weighted by Gasteiger charge is 2.32. The number of anilines is 2. The second-order valence-corrected chi connectivity index (χ2v) is 9.52. The summed E-state index contributed by atoms with van der Waals surface area (Å²) in [5, 5.41) is 13.2. The number of nitrogens with zero attached hydrogens (tertiary/aromatic N) is 3. The van der Waals surface area contributed by atoms with Crippen LogP contribution >= 0.6 is 0 Å². The number of pyridine rings is 2. The van der Waals surface area contributed by atoms with Gasteiger partial charge in [0.2, 0.25) is 0 Å². The molecule has 1 fully saturated rings. The number of rotatable bonds is 4. The molecule has 4 N–H and O–H groups in total. The van der Waals surface area contributed by atoms with Gasteiger partial charge in [-0.1, -0.05) is 13.0 Å². The number of carbonyl (C=O) groups is 1. The fraction of sp³-hybridized carbons (Fsp3) is 0.346. The lowest BCUT2D eigenvalue weighted by Gasteiger charge is -2.38. The molecule has 5 rings (SSSR count). The second kappa shape index (κ2) is 9.51. The standard InChI is InChI=1S/C26H26F3N5O2/c1-13-9-14(30)12-34(11-13)25-15-5-8-21(35)23(15)31-10-20(25)33-26(36)19-7-6-18(29)24(32-19)22-16(27)3-2-4-17(22)28/h2-4,6-7,10,13-14,21,35H,5,8-9,11-12,30H2,1H3,(H,33,36)/t13-,14-,21?/m0/s1. The Hall–Kier alpha value is -3.50. The van der Waals surface area contributed by atoms with Gasteiger partial charge in [-0.3, -0.25) is 9.78 Å². The largest absolute Gasteiger partial charge is 0.387 e. The molecule has 3 atom stereocenters. The molecular formula is C26H26F3N5O2. The predicted octanol–water partition coefficient (Wildman–Crippen LogP) is 3.97. The predicted molar refractivity (Wildman–Crippen MR) is 129 cm³/mol. The zero-order valence-corrected chi connectivity index (χ0v) is 19.6. The van der Waals surface area contributed by atoms with Gasteiger partial charge >= 0.3 is 0 Å². The average molecular weight is 498 g/mol. The van der Waals surface area contributed by atoms with E-state index in [0.717, 1.165) is 48.0 Å². The van der Waals surface area contributed by atoms with E-state index < -0.39 is 40.7 Å². The quantitative estimate of drug-likeness (QED) is 0.504. The summed E-state index contributed by atoms with van der Waals surface area (Å²) in [6.45, 7) is 3.40. The Balaban J connectivity index is 1.52. The molecule has 2 aliphatic rings. The van der Waals surface area contributed by atoms with Crippen molar-refractivity contribution in [1.29, 1.82) is 0 Å². The molecule has 0 radical (unpaired) electrons. The van der Waals surface area contributed by atoms with Gasteiger partial charge in [-0.15, -0.1) is 0 Å². The number of nitrogens with two attached hydrogens (primary N) is 1. The molecule has 36 heavy (non-hydrogen) atoms. The zero-order chi connectivity index (χ0) is 25.6. The molecule has 1 amide bonds. The molecule has 2 aromatic heterocycles. The van der Waals surface area contributed by atoms with Crippen molar-refractivity contribution in [1.82, 2.24) is 9.97 Å². The van der Waals surface area contributed by atoms with E-state index in [4.69, 9.17) is 5.73 Å². The fourth-order valence-corrected chi connectivity index (χ4v) is 5.20. The number of amides is 1. The van der Waals surface area contributed by atoms with Crippen LogP contribution in [0.3, 0.4) is 0 Å². The molecule has 7 nitrogen and oxygen atoms in total.